The molecule has 2 unspecified atom stereocenters. The summed E-state index contributed by atoms with van der Waals surface area (Å²) in [7, 11) is 3.33. The van der Waals surface area contributed by atoms with E-state index in [0.717, 1.165) is 46.7 Å². The van der Waals surface area contributed by atoms with Crippen LogP contribution in [0.25, 0.3) is 0 Å². The quantitative estimate of drug-likeness (QED) is 0.700. The van der Waals surface area contributed by atoms with Gasteiger partial charge < -0.3 is 24.5 Å². The van der Waals surface area contributed by atoms with E-state index in [1.807, 2.05) is 40.4 Å². The third kappa shape index (κ3) is 3.39. The summed E-state index contributed by atoms with van der Waals surface area (Å²) >= 11 is 0. The first-order valence-electron chi connectivity index (χ1n) is 12.0. The summed E-state index contributed by atoms with van der Waals surface area (Å²) in [6, 6.07) is 5.90. The van der Waals surface area contributed by atoms with Gasteiger partial charge in [-0.1, -0.05) is 13.0 Å². The highest BCUT2D eigenvalue weighted by molar-refractivity contribution is 5.83. The van der Waals surface area contributed by atoms with E-state index >= 15 is 0 Å². The van der Waals surface area contributed by atoms with Gasteiger partial charge in [0.25, 0.3) is 0 Å². The largest absolute Gasteiger partial charge is 0.497 e. The van der Waals surface area contributed by atoms with Crippen LogP contribution in [-0.4, -0.2) is 70.2 Å². The van der Waals surface area contributed by atoms with Crippen LogP contribution in [0.1, 0.15) is 55.5 Å². The third-order valence-electron chi connectivity index (χ3n) is 7.80. The van der Waals surface area contributed by atoms with Crippen LogP contribution in [0, 0.1) is 0 Å². The maximum atomic E-state index is 13.7. The summed E-state index contributed by atoms with van der Waals surface area (Å²) in [5.41, 5.74) is 3.74. The summed E-state index contributed by atoms with van der Waals surface area (Å²) < 4.78 is 11.2. The molecule has 5 rings (SSSR count). The van der Waals surface area contributed by atoms with Crippen LogP contribution in [0.2, 0.25) is 0 Å². The van der Waals surface area contributed by atoms with Gasteiger partial charge >= 0.3 is 6.03 Å². The van der Waals surface area contributed by atoms with Crippen molar-refractivity contribution in [1.29, 1.82) is 0 Å². The Labute approximate surface area is 200 Å². The predicted octanol–water partition coefficient (Wildman–Crippen LogP) is 3.82. The summed E-state index contributed by atoms with van der Waals surface area (Å²) in [5, 5.41) is 10.9. The molecule has 0 aliphatic carbocycles. The van der Waals surface area contributed by atoms with E-state index in [1.54, 1.807) is 14.2 Å². The Hall–Kier alpha value is -2.97. The number of rotatable bonds is 5. The van der Waals surface area contributed by atoms with Gasteiger partial charge in [0.15, 0.2) is 0 Å². The predicted molar refractivity (Wildman–Crippen MR) is 129 cm³/mol. The zero-order valence-electron chi connectivity index (χ0n) is 20.4. The molecule has 1 aromatic carbocycles. The number of hydrogen-bond acceptors (Lipinski definition) is 5. The van der Waals surface area contributed by atoms with Gasteiger partial charge in [-0.3, -0.25) is 9.80 Å². The minimum atomic E-state index is -0.644. The molecule has 2 fully saturated rings. The Morgan fingerprint density at radius 3 is 2.62 bits per heavy atom. The highest BCUT2D eigenvalue weighted by atomic mass is 16.5. The van der Waals surface area contributed by atoms with E-state index in [0.29, 0.717) is 26.2 Å². The number of aliphatic hydroxyl groups excluding tert-OH is 1. The summed E-state index contributed by atoms with van der Waals surface area (Å²) in [4.78, 5) is 22.8. The fourth-order valence-corrected chi connectivity index (χ4v) is 6.11. The van der Waals surface area contributed by atoms with Crippen LogP contribution in [-0.2, 0) is 6.54 Å². The molecule has 3 aliphatic rings. The number of aliphatic hydroxyl groups is 1. The second kappa shape index (κ2) is 8.67. The average molecular weight is 467 g/mol. The molecular weight excluding hydrogens is 432 g/mol. The number of carbonyl (C=O) groups excluding carboxylic acids is 1. The lowest BCUT2D eigenvalue weighted by Gasteiger charge is -2.45. The molecule has 3 aliphatic heterocycles. The lowest BCUT2D eigenvalue weighted by atomic mass is 9.82. The number of methoxy groups -OCH3 is 2. The highest BCUT2D eigenvalue weighted by Crippen LogP contribution is 2.49. The van der Waals surface area contributed by atoms with Crippen molar-refractivity contribution in [3.8, 4) is 11.5 Å². The highest BCUT2D eigenvalue weighted by Gasteiger charge is 2.55. The van der Waals surface area contributed by atoms with Gasteiger partial charge in [0.05, 0.1) is 26.3 Å². The number of piperidine rings is 1. The van der Waals surface area contributed by atoms with E-state index in [9.17, 15) is 9.90 Å². The Balaban J connectivity index is 1.50. The average Bonchev–Trinajstić information content (AvgIpc) is 3.42. The maximum absolute atomic E-state index is 13.7. The summed E-state index contributed by atoms with van der Waals surface area (Å²) in [6.45, 7) is 6.78. The monoisotopic (exact) mass is 466 g/mol. The minimum Gasteiger partial charge on any atom is -0.497 e. The molecule has 4 heterocycles. The number of urea groups is 1. The van der Waals surface area contributed by atoms with Crippen molar-refractivity contribution in [2.24, 2.45) is 0 Å². The van der Waals surface area contributed by atoms with Crippen LogP contribution in [0.4, 0.5) is 4.79 Å². The zero-order chi connectivity index (χ0) is 24.0. The molecule has 1 spiro atoms. The first-order valence-corrected chi connectivity index (χ1v) is 12.0. The molecule has 2 amide bonds. The number of ether oxygens (including phenoxy) is 2. The zero-order valence-corrected chi connectivity index (χ0v) is 20.4. The number of likely N-dealkylation sites (N-methyl/N-ethyl adjacent to an activating group) is 1. The first kappa shape index (κ1) is 22.8. The maximum Gasteiger partial charge on any atom is 0.325 e. The molecule has 0 bridgehead atoms. The Morgan fingerprint density at radius 1 is 1.24 bits per heavy atom. The summed E-state index contributed by atoms with van der Waals surface area (Å²) in [5.74, 6) is 1.60. The second-order valence-electron chi connectivity index (χ2n) is 9.44. The molecule has 2 saturated heterocycles. The van der Waals surface area contributed by atoms with E-state index in [2.05, 4.69) is 29.8 Å². The van der Waals surface area contributed by atoms with Crippen molar-refractivity contribution in [1.82, 2.24) is 19.7 Å². The smallest absolute Gasteiger partial charge is 0.325 e. The number of fused-ring (bicyclic) bond motifs is 3. The minimum absolute atomic E-state index is 0.0511. The van der Waals surface area contributed by atoms with E-state index in [1.165, 1.54) is 0 Å². The van der Waals surface area contributed by atoms with Crippen molar-refractivity contribution >= 4 is 6.03 Å². The molecule has 1 aromatic heterocycles. The molecule has 0 saturated carbocycles. The van der Waals surface area contributed by atoms with E-state index in [4.69, 9.17) is 9.47 Å². The molecular formula is C26H34N4O4. The van der Waals surface area contributed by atoms with Gasteiger partial charge in [-0.25, -0.2) is 4.79 Å². The first-order chi connectivity index (χ1) is 16.4. The van der Waals surface area contributed by atoms with Crippen LogP contribution in [0.15, 0.2) is 42.4 Å². The van der Waals surface area contributed by atoms with Crippen LogP contribution < -0.4 is 9.47 Å². The number of allylic oxidation sites excluding steroid dienone is 1. The van der Waals surface area contributed by atoms with Gasteiger partial charge in [0.1, 0.15) is 17.7 Å². The molecule has 8 nitrogen and oxygen atoms in total. The van der Waals surface area contributed by atoms with Gasteiger partial charge in [-0.05, 0) is 37.5 Å². The van der Waals surface area contributed by atoms with E-state index in [-0.39, 0.29) is 17.5 Å². The topological polar surface area (TPSA) is 81.3 Å². The number of hydrogen-bond donors (Lipinski definition) is 2. The second-order valence-corrected chi connectivity index (χ2v) is 9.44. The summed E-state index contributed by atoms with van der Waals surface area (Å²) in [6.07, 6.45) is 6.83. The number of likely N-dealkylation sites (tertiary alicyclic amines) is 1. The van der Waals surface area contributed by atoms with Crippen molar-refractivity contribution in [3.63, 3.8) is 0 Å². The third-order valence-corrected chi connectivity index (χ3v) is 7.80. The number of H-pyrrole nitrogens is 1. The Kier molecular flexibility index (Phi) is 5.81. The Morgan fingerprint density at radius 2 is 2.00 bits per heavy atom. The standard InChI is InChI=1S/C26H34N4O4/c1-5-30-25(32)29-16-19-13-20(33-3)14-21(34-4)23(19)17(2)12-22(29)26(30)7-10-28(11-8-26)24(31)18-6-9-27-15-18/h6,9,12-15,17,24,27,31H,5,7-8,10-11,16H2,1-4H3. The number of carbonyl (C=O) groups is 1. The number of nitrogens with zero attached hydrogens (tertiary/aromatic N) is 3. The van der Waals surface area contributed by atoms with Crippen molar-refractivity contribution in [2.75, 3.05) is 33.9 Å². The van der Waals surface area contributed by atoms with Gasteiger partial charge in [0, 0.05) is 60.8 Å². The Bertz CT molecular complexity index is 1090. The fraction of sp³-hybridized carbons (Fsp3) is 0.500. The van der Waals surface area contributed by atoms with Crippen molar-refractivity contribution in [3.05, 3.63) is 59.1 Å². The van der Waals surface area contributed by atoms with Gasteiger partial charge in [0.2, 0.25) is 0 Å². The number of benzene rings is 1. The van der Waals surface area contributed by atoms with Gasteiger partial charge in [-0.2, -0.15) is 0 Å². The lowest BCUT2D eigenvalue weighted by Crippen LogP contribution is -2.54. The van der Waals surface area contributed by atoms with Crippen molar-refractivity contribution < 1.29 is 19.4 Å². The van der Waals surface area contributed by atoms with E-state index < -0.39 is 6.23 Å². The van der Waals surface area contributed by atoms with Crippen LogP contribution >= 0.6 is 0 Å². The molecule has 2 atom stereocenters. The molecule has 8 heteroatoms. The fourth-order valence-electron chi connectivity index (χ4n) is 6.11. The van der Waals surface area contributed by atoms with Gasteiger partial charge in [-0.15, -0.1) is 0 Å². The number of nitrogens with one attached hydrogen (secondary N) is 1. The number of aromatic amines is 1. The lowest BCUT2D eigenvalue weighted by molar-refractivity contribution is -0.0330. The van der Waals surface area contributed by atoms with Crippen LogP contribution in [0.5, 0.6) is 11.5 Å². The molecule has 182 valence electrons. The molecule has 2 aromatic rings. The normalized spacial score (nSPS) is 22.8. The number of amides is 2. The molecule has 34 heavy (non-hydrogen) atoms. The molecule has 2 N–H and O–H groups in total. The van der Waals surface area contributed by atoms with Crippen molar-refractivity contribution in [2.45, 2.75) is 50.9 Å². The SMILES string of the molecule is CCN1C(=O)N2Cc3cc(OC)cc(OC)c3C(C)C=C2C12CCN(C(O)c1cc[nH]c1)CC2. The molecule has 0 radical (unpaired) electrons. The number of aromatic nitrogens is 1. The van der Waals surface area contributed by atoms with Crippen LogP contribution in [0.3, 0.4) is 0 Å².